The number of carbonyl (C=O) groups excluding carboxylic acids is 1. The second-order valence-corrected chi connectivity index (χ2v) is 5.79. The Labute approximate surface area is 171 Å². The monoisotopic (exact) mass is 406 g/mol. The molecule has 2 aromatic heterocycles. The van der Waals surface area contributed by atoms with Gasteiger partial charge in [0.25, 0.3) is 5.91 Å². The van der Waals surface area contributed by atoms with Crippen molar-refractivity contribution in [2.24, 2.45) is 0 Å². The van der Waals surface area contributed by atoms with E-state index in [1.54, 1.807) is 6.20 Å². The van der Waals surface area contributed by atoms with Crippen LogP contribution in [0, 0.1) is 0 Å². The van der Waals surface area contributed by atoms with Crippen molar-refractivity contribution in [3.05, 3.63) is 60.3 Å². The average molecular weight is 407 g/mol. The van der Waals surface area contributed by atoms with Gasteiger partial charge in [0, 0.05) is 24.7 Å². The van der Waals surface area contributed by atoms with Gasteiger partial charge in [-0.25, -0.2) is 4.98 Å². The largest absolute Gasteiger partial charge is 0.351 e. The molecule has 2 heterocycles. The molecular weight excluding hydrogens is 383 g/mol. The second-order valence-electron chi connectivity index (χ2n) is 5.79. The lowest BCUT2D eigenvalue weighted by Crippen LogP contribution is -2.32. The zero-order valence-electron chi connectivity index (χ0n) is 15.1. The third kappa shape index (κ3) is 5.89. The van der Waals surface area contributed by atoms with Crippen molar-refractivity contribution in [2.45, 2.75) is 13.3 Å². The number of hydrogen-bond acceptors (Lipinski definition) is 4. The first-order chi connectivity index (χ1) is 12.3. The lowest BCUT2D eigenvalue weighted by Gasteiger charge is -2.10. The molecule has 7 heteroatoms. The van der Waals surface area contributed by atoms with Gasteiger partial charge in [0.05, 0.1) is 22.5 Å². The first-order valence-corrected chi connectivity index (χ1v) is 8.59. The van der Waals surface area contributed by atoms with E-state index in [4.69, 9.17) is 0 Å². The predicted octanol–water partition coefficient (Wildman–Crippen LogP) is 3.87. The van der Waals surface area contributed by atoms with Crippen LogP contribution in [0.5, 0.6) is 0 Å². The van der Waals surface area contributed by atoms with E-state index in [0.29, 0.717) is 17.8 Å². The molecule has 0 atom stereocenters. The van der Waals surface area contributed by atoms with E-state index in [1.165, 1.54) is 0 Å². The van der Waals surface area contributed by atoms with Gasteiger partial charge in [-0.3, -0.25) is 9.78 Å². The Kier molecular flexibility index (Phi) is 9.72. The quantitative estimate of drug-likeness (QED) is 0.584. The minimum atomic E-state index is -0.0888. The lowest BCUT2D eigenvalue weighted by molar-refractivity contribution is 0.0955. The van der Waals surface area contributed by atoms with Gasteiger partial charge in [0.1, 0.15) is 0 Å². The molecule has 0 spiro atoms. The lowest BCUT2D eigenvalue weighted by atomic mass is 10.1. The summed E-state index contributed by atoms with van der Waals surface area (Å²) in [5.41, 5.74) is 2.88. The molecule has 0 radical (unpaired) electrons. The molecule has 0 fully saturated rings. The summed E-state index contributed by atoms with van der Waals surface area (Å²) in [6, 6.07) is 15.2. The number of para-hydroxylation sites is 1. The Bertz CT molecular complexity index is 859. The van der Waals surface area contributed by atoms with Crippen LogP contribution in [0.4, 0.5) is 0 Å². The molecule has 0 unspecified atom stereocenters. The maximum absolute atomic E-state index is 12.7. The first-order valence-electron chi connectivity index (χ1n) is 8.59. The number of benzene rings is 1. The number of nitrogens with one attached hydrogen (secondary N) is 2. The molecule has 0 aliphatic carbocycles. The van der Waals surface area contributed by atoms with Crippen LogP contribution in [0.2, 0.25) is 0 Å². The molecule has 0 saturated heterocycles. The van der Waals surface area contributed by atoms with Crippen LogP contribution in [0.25, 0.3) is 22.3 Å². The van der Waals surface area contributed by atoms with E-state index in [2.05, 4.69) is 27.5 Å². The van der Waals surface area contributed by atoms with Crippen molar-refractivity contribution in [3.63, 3.8) is 0 Å². The second kappa shape index (κ2) is 11.5. The van der Waals surface area contributed by atoms with E-state index in [0.717, 1.165) is 36.1 Å². The molecule has 1 amide bonds. The van der Waals surface area contributed by atoms with Crippen LogP contribution in [0.15, 0.2) is 54.7 Å². The number of rotatable bonds is 7. The maximum Gasteiger partial charge on any atom is 0.252 e. The summed E-state index contributed by atoms with van der Waals surface area (Å²) in [6.45, 7) is 4.43. The fourth-order valence-electron chi connectivity index (χ4n) is 2.67. The minimum absolute atomic E-state index is 0. The summed E-state index contributed by atoms with van der Waals surface area (Å²) in [6.07, 6.45) is 2.81. The topological polar surface area (TPSA) is 66.9 Å². The van der Waals surface area contributed by atoms with Crippen LogP contribution >= 0.6 is 24.8 Å². The SMILES string of the molecule is CCCNCCNC(=O)c1cc(-c2ccccn2)nc2ccccc12.Cl.Cl. The molecule has 0 bridgehead atoms. The molecular formula is C20H24Cl2N4O. The number of nitrogens with zero attached hydrogens (tertiary/aromatic N) is 2. The third-order valence-corrected chi connectivity index (χ3v) is 3.90. The van der Waals surface area contributed by atoms with Gasteiger partial charge in [-0.2, -0.15) is 0 Å². The van der Waals surface area contributed by atoms with Gasteiger partial charge < -0.3 is 10.6 Å². The van der Waals surface area contributed by atoms with E-state index >= 15 is 0 Å². The van der Waals surface area contributed by atoms with Crippen molar-refractivity contribution in [1.82, 2.24) is 20.6 Å². The summed E-state index contributed by atoms with van der Waals surface area (Å²) in [5.74, 6) is -0.0888. The van der Waals surface area contributed by atoms with Crippen LogP contribution in [-0.2, 0) is 0 Å². The van der Waals surface area contributed by atoms with Crippen LogP contribution in [0.1, 0.15) is 23.7 Å². The highest BCUT2D eigenvalue weighted by atomic mass is 35.5. The maximum atomic E-state index is 12.7. The molecule has 144 valence electrons. The number of fused-ring (bicyclic) bond motifs is 1. The van der Waals surface area contributed by atoms with Crippen molar-refractivity contribution in [2.75, 3.05) is 19.6 Å². The van der Waals surface area contributed by atoms with Crippen LogP contribution < -0.4 is 10.6 Å². The number of pyridine rings is 2. The van der Waals surface area contributed by atoms with Crippen molar-refractivity contribution in [3.8, 4) is 11.4 Å². The van der Waals surface area contributed by atoms with E-state index in [9.17, 15) is 4.79 Å². The Morgan fingerprint density at radius 2 is 1.74 bits per heavy atom. The molecule has 0 aliphatic rings. The summed E-state index contributed by atoms with van der Waals surface area (Å²) >= 11 is 0. The number of carbonyl (C=O) groups is 1. The molecule has 3 aromatic rings. The fourth-order valence-corrected chi connectivity index (χ4v) is 2.67. The third-order valence-electron chi connectivity index (χ3n) is 3.90. The molecule has 5 nitrogen and oxygen atoms in total. The summed E-state index contributed by atoms with van der Waals surface area (Å²) in [5, 5.41) is 7.11. The number of amides is 1. The minimum Gasteiger partial charge on any atom is -0.351 e. The van der Waals surface area contributed by atoms with Gasteiger partial charge in [-0.15, -0.1) is 24.8 Å². The fraction of sp³-hybridized carbons (Fsp3) is 0.250. The highest BCUT2D eigenvalue weighted by Crippen LogP contribution is 2.23. The first kappa shape index (κ1) is 22.8. The average Bonchev–Trinajstić information content (AvgIpc) is 2.67. The number of hydrogen-bond donors (Lipinski definition) is 2. The number of aromatic nitrogens is 2. The molecule has 27 heavy (non-hydrogen) atoms. The van der Waals surface area contributed by atoms with Gasteiger partial charge in [0.2, 0.25) is 0 Å². The Hall–Kier alpha value is -2.21. The van der Waals surface area contributed by atoms with Crippen molar-refractivity contribution in [1.29, 1.82) is 0 Å². The summed E-state index contributed by atoms with van der Waals surface area (Å²) in [7, 11) is 0. The molecule has 3 rings (SSSR count). The van der Waals surface area contributed by atoms with Gasteiger partial charge in [-0.1, -0.05) is 31.2 Å². The van der Waals surface area contributed by atoms with Crippen molar-refractivity contribution >= 4 is 41.6 Å². The van der Waals surface area contributed by atoms with Gasteiger partial charge in [-0.05, 0) is 37.2 Å². The summed E-state index contributed by atoms with van der Waals surface area (Å²) in [4.78, 5) is 21.7. The van der Waals surface area contributed by atoms with E-state index < -0.39 is 0 Å². The highest BCUT2D eigenvalue weighted by molar-refractivity contribution is 6.07. The zero-order valence-corrected chi connectivity index (χ0v) is 16.8. The van der Waals surface area contributed by atoms with E-state index in [-0.39, 0.29) is 30.7 Å². The van der Waals surface area contributed by atoms with E-state index in [1.807, 2.05) is 48.5 Å². The molecule has 0 saturated carbocycles. The van der Waals surface area contributed by atoms with Gasteiger partial charge in [0.15, 0.2) is 0 Å². The Morgan fingerprint density at radius 3 is 2.48 bits per heavy atom. The standard InChI is InChI=1S/C20H22N4O.2ClH/c1-2-10-21-12-13-23-20(25)16-14-19(18-9-5-6-11-22-18)24-17-8-4-3-7-15(16)17;;/h3-9,11,14,21H,2,10,12-13H2,1H3,(H,23,25);2*1H. The summed E-state index contributed by atoms with van der Waals surface area (Å²) < 4.78 is 0. The molecule has 0 aliphatic heterocycles. The van der Waals surface area contributed by atoms with Crippen LogP contribution in [-0.4, -0.2) is 35.5 Å². The smallest absolute Gasteiger partial charge is 0.252 e. The highest BCUT2D eigenvalue weighted by Gasteiger charge is 2.13. The Balaban J connectivity index is 0.00000182. The van der Waals surface area contributed by atoms with Crippen molar-refractivity contribution < 1.29 is 4.79 Å². The predicted molar refractivity (Wildman–Crippen MR) is 115 cm³/mol. The Morgan fingerprint density at radius 1 is 0.963 bits per heavy atom. The zero-order chi connectivity index (χ0) is 17.5. The molecule has 1 aromatic carbocycles. The van der Waals surface area contributed by atoms with Gasteiger partial charge >= 0.3 is 0 Å². The normalized spacial score (nSPS) is 9.96. The molecule has 2 N–H and O–H groups in total. The van der Waals surface area contributed by atoms with Crippen LogP contribution in [0.3, 0.4) is 0 Å². The number of halogens is 2.